The van der Waals surface area contributed by atoms with Gasteiger partial charge in [0, 0.05) is 32.3 Å². The van der Waals surface area contributed by atoms with Gasteiger partial charge in [-0.25, -0.2) is 0 Å². The fraction of sp³-hybridized carbons (Fsp3) is 0.545. The summed E-state index contributed by atoms with van der Waals surface area (Å²) >= 11 is 0. The van der Waals surface area contributed by atoms with E-state index in [-0.39, 0.29) is 17.4 Å². The zero-order valence-electron chi connectivity index (χ0n) is 16.7. The number of rotatable bonds is 4. The molecular weight excluding hydrogens is 322 g/mol. The summed E-state index contributed by atoms with van der Waals surface area (Å²) in [6.45, 7) is 13.6. The van der Waals surface area contributed by atoms with Gasteiger partial charge in [0.15, 0.2) is 0 Å². The highest BCUT2D eigenvalue weighted by atomic mass is 16.2. The third-order valence-electron chi connectivity index (χ3n) is 4.98. The zero-order chi connectivity index (χ0) is 19.3. The van der Waals surface area contributed by atoms with Crippen LogP contribution in [-0.4, -0.2) is 47.9 Å². The minimum atomic E-state index is -0.0656. The van der Waals surface area contributed by atoms with Crippen LogP contribution in [0.4, 0.5) is 0 Å². The van der Waals surface area contributed by atoms with E-state index >= 15 is 0 Å². The Morgan fingerprint density at radius 1 is 1.12 bits per heavy atom. The van der Waals surface area contributed by atoms with Crippen molar-refractivity contribution in [1.82, 2.24) is 9.80 Å². The highest BCUT2D eigenvalue weighted by molar-refractivity contribution is 5.91. The quantitative estimate of drug-likeness (QED) is 0.776. The fourth-order valence-electron chi connectivity index (χ4n) is 3.24. The number of benzene rings is 1. The number of carbonyl (C=O) groups excluding carboxylic acids is 1. The number of nitriles is 1. The predicted molar refractivity (Wildman–Crippen MR) is 107 cm³/mol. The fourth-order valence-corrected chi connectivity index (χ4v) is 3.24. The number of hydrogen-bond donors (Lipinski definition) is 0. The normalized spacial score (nSPS) is 17.5. The van der Waals surface area contributed by atoms with Gasteiger partial charge in [-0.05, 0) is 28.5 Å². The highest BCUT2D eigenvalue weighted by Crippen LogP contribution is 2.22. The van der Waals surface area contributed by atoms with Crippen LogP contribution in [0, 0.1) is 17.2 Å². The summed E-state index contributed by atoms with van der Waals surface area (Å²) in [7, 11) is 0. The Balaban J connectivity index is 1.91. The molecule has 0 saturated carbocycles. The standard InChI is InChI=1S/C22H31N3O/c1-17(2)20(16-23)24-12-14-25(15-13-24)21(26)11-8-18-6-9-19(10-7-18)22(3,4)5/h6-11,17,20H,12-15H2,1-5H3/b11-8+. The van der Waals surface area contributed by atoms with Crippen LogP contribution in [0.1, 0.15) is 45.7 Å². The van der Waals surface area contributed by atoms with Crippen molar-refractivity contribution in [3.63, 3.8) is 0 Å². The maximum Gasteiger partial charge on any atom is 0.246 e. The molecule has 26 heavy (non-hydrogen) atoms. The Morgan fingerprint density at radius 2 is 1.69 bits per heavy atom. The minimum absolute atomic E-state index is 0.0441. The molecule has 1 fully saturated rings. The van der Waals surface area contributed by atoms with Crippen molar-refractivity contribution in [3.8, 4) is 6.07 Å². The lowest BCUT2D eigenvalue weighted by molar-refractivity contribution is -0.127. The molecule has 140 valence electrons. The molecule has 1 amide bonds. The molecule has 0 radical (unpaired) electrons. The summed E-state index contributed by atoms with van der Waals surface area (Å²) in [6, 6.07) is 10.7. The first kappa shape index (κ1) is 20.2. The van der Waals surface area contributed by atoms with Crippen LogP contribution in [0.3, 0.4) is 0 Å². The van der Waals surface area contributed by atoms with Gasteiger partial charge in [-0.15, -0.1) is 0 Å². The molecule has 2 rings (SSSR count). The predicted octanol–water partition coefficient (Wildman–Crippen LogP) is 3.69. The van der Waals surface area contributed by atoms with Crippen molar-refractivity contribution < 1.29 is 4.79 Å². The Hall–Kier alpha value is -2.12. The second-order valence-electron chi connectivity index (χ2n) is 8.38. The van der Waals surface area contributed by atoms with Crippen LogP contribution >= 0.6 is 0 Å². The molecule has 0 N–H and O–H groups in total. The number of nitrogens with zero attached hydrogens (tertiary/aromatic N) is 3. The average Bonchev–Trinajstić information content (AvgIpc) is 2.60. The number of carbonyl (C=O) groups is 1. The van der Waals surface area contributed by atoms with Crippen molar-refractivity contribution in [2.24, 2.45) is 5.92 Å². The summed E-state index contributed by atoms with van der Waals surface area (Å²) in [4.78, 5) is 16.5. The van der Waals surface area contributed by atoms with Gasteiger partial charge in [0.25, 0.3) is 0 Å². The smallest absolute Gasteiger partial charge is 0.246 e. The SMILES string of the molecule is CC(C)C(C#N)N1CCN(C(=O)/C=C/c2ccc(C(C)(C)C)cc2)CC1. The van der Waals surface area contributed by atoms with E-state index in [2.05, 4.69) is 69.9 Å². The van der Waals surface area contributed by atoms with Crippen LogP contribution in [0.15, 0.2) is 30.3 Å². The zero-order valence-corrected chi connectivity index (χ0v) is 16.7. The van der Waals surface area contributed by atoms with Gasteiger partial charge in [0.1, 0.15) is 6.04 Å². The highest BCUT2D eigenvalue weighted by Gasteiger charge is 2.26. The lowest BCUT2D eigenvalue weighted by atomic mass is 9.87. The third kappa shape index (κ3) is 5.19. The molecule has 1 aliphatic rings. The molecular formula is C22H31N3O. The molecule has 1 heterocycles. The van der Waals surface area contributed by atoms with Crippen molar-refractivity contribution in [3.05, 3.63) is 41.5 Å². The second-order valence-corrected chi connectivity index (χ2v) is 8.38. The Labute approximate surface area is 158 Å². The topological polar surface area (TPSA) is 47.3 Å². The summed E-state index contributed by atoms with van der Waals surface area (Å²) in [5, 5.41) is 9.32. The molecule has 1 saturated heterocycles. The summed E-state index contributed by atoms with van der Waals surface area (Å²) in [5.41, 5.74) is 2.46. The molecule has 4 heteroatoms. The van der Waals surface area contributed by atoms with E-state index in [1.165, 1.54) is 5.56 Å². The average molecular weight is 354 g/mol. The molecule has 1 aromatic rings. The van der Waals surface area contributed by atoms with Gasteiger partial charge in [-0.2, -0.15) is 5.26 Å². The molecule has 1 atom stereocenters. The maximum atomic E-state index is 12.4. The lowest BCUT2D eigenvalue weighted by Gasteiger charge is -2.37. The van der Waals surface area contributed by atoms with Crippen LogP contribution in [0.2, 0.25) is 0 Å². The lowest BCUT2D eigenvalue weighted by Crippen LogP contribution is -2.52. The van der Waals surface area contributed by atoms with E-state index in [0.29, 0.717) is 19.0 Å². The molecule has 1 unspecified atom stereocenters. The first-order chi connectivity index (χ1) is 12.2. The van der Waals surface area contributed by atoms with E-state index in [1.54, 1.807) is 6.08 Å². The van der Waals surface area contributed by atoms with Crippen LogP contribution in [0.25, 0.3) is 6.08 Å². The van der Waals surface area contributed by atoms with Crippen LogP contribution < -0.4 is 0 Å². The Bertz CT molecular complexity index is 669. The van der Waals surface area contributed by atoms with Gasteiger partial charge in [0.2, 0.25) is 5.91 Å². The number of hydrogen-bond acceptors (Lipinski definition) is 3. The van der Waals surface area contributed by atoms with Gasteiger partial charge >= 0.3 is 0 Å². The van der Waals surface area contributed by atoms with Gasteiger partial charge in [-0.1, -0.05) is 58.9 Å². The van der Waals surface area contributed by atoms with Crippen molar-refractivity contribution in [1.29, 1.82) is 5.26 Å². The summed E-state index contributed by atoms with van der Waals surface area (Å²) < 4.78 is 0. The van der Waals surface area contributed by atoms with E-state index in [0.717, 1.165) is 18.7 Å². The number of piperazine rings is 1. The first-order valence-corrected chi connectivity index (χ1v) is 9.43. The Morgan fingerprint density at radius 3 is 2.15 bits per heavy atom. The molecule has 0 aromatic heterocycles. The van der Waals surface area contributed by atoms with E-state index in [1.807, 2.05) is 11.0 Å². The third-order valence-corrected chi connectivity index (χ3v) is 4.98. The van der Waals surface area contributed by atoms with E-state index in [9.17, 15) is 10.1 Å². The molecule has 0 aliphatic carbocycles. The summed E-state index contributed by atoms with van der Waals surface area (Å²) in [6.07, 6.45) is 3.54. The maximum absolute atomic E-state index is 12.4. The van der Waals surface area contributed by atoms with Crippen LogP contribution in [-0.2, 0) is 10.2 Å². The van der Waals surface area contributed by atoms with Crippen LogP contribution in [0.5, 0.6) is 0 Å². The van der Waals surface area contributed by atoms with Crippen molar-refractivity contribution in [2.45, 2.75) is 46.1 Å². The molecule has 0 bridgehead atoms. The molecule has 1 aliphatic heterocycles. The van der Waals surface area contributed by atoms with Gasteiger partial charge in [0.05, 0.1) is 6.07 Å². The van der Waals surface area contributed by atoms with Crippen molar-refractivity contribution in [2.75, 3.05) is 26.2 Å². The Kier molecular flexibility index (Phi) is 6.61. The largest absolute Gasteiger partial charge is 0.337 e. The van der Waals surface area contributed by atoms with Gasteiger partial charge in [-0.3, -0.25) is 9.69 Å². The summed E-state index contributed by atoms with van der Waals surface area (Å²) in [5.74, 6) is 0.348. The second kappa shape index (κ2) is 8.51. The van der Waals surface area contributed by atoms with E-state index in [4.69, 9.17) is 0 Å². The molecule has 0 spiro atoms. The molecule has 4 nitrogen and oxygen atoms in total. The monoisotopic (exact) mass is 353 g/mol. The van der Waals surface area contributed by atoms with Gasteiger partial charge < -0.3 is 4.90 Å². The molecule has 1 aromatic carbocycles. The number of amides is 1. The van der Waals surface area contributed by atoms with E-state index < -0.39 is 0 Å². The first-order valence-electron chi connectivity index (χ1n) is 9.43. The van der Waals surface area contributed by atoms with Crippen molar-refractivity contribution >= 4 is 12.0 Å². The minimum Gasteiger partial charge on any atom is -0.337 e.